The zero-order valence-electron chi connectivity index (χ0n) is 19.3. The van der Waals surface area contributed by atoms with Crippen molar-refractivity contribution in [1.82, 2.24) is 0 Å². The number of rotatable bonds is 7. The average Bonchev–Trinajstić information content (AvgIpc) is 2.88. The second-order valence-corrected chi connectivity index (χ2v) is 10.5. The van der Waals surface area contributed by atoms with Gasteiger partial charge in [-0.15, -0.1) is 0 Å². The number of carbonyl (C=O) groups is 1. The molecule has 5 aromatic rings. The molecule has 0 saturated carbocycles. The van der Waals surface area contributed by atoms with Crippen molar-refractivity contribution in [2.75, 3.05) is 0 Å². The lowest BCUT2D eigenvalue weighted by molar-refractivity contribution is -0.142. The molecular weight excluding hydrogens is 468 g/mol. The quantitative estimate of drug-likeness (QED) is 0.167. The van der Waals surface area contributed by atoms with E-state index in [2.05, 4.69) is 110 Å². The maximum absolute atomic E-state index is 11.9. The van der Waals surface area contributed by atoms with E-state index in [1.807, 2.05) is 6.92 Å². The van der Waals surface area contributed by atoms with Crippen LogP contribution in [0.3, 0.4) is 0 Å². The number of hydrogen-bond donors (Lipinski definition) is 0. The van der Waals surface area contributed by atoms with Crippen molar-refractivity contribution < 1.29 is 9.53 Å². The molecular formula is C31H24O2S2. The molecule has 1 atom stereocenters. The minimum absolute atomic E-state index is 0.386. The summed E-state index contributed by atoms with van der Waals surface area (Å²) in [6.45, 7) is 5.43. The summed E-state index contributed by atoms with van der Waals surface area (Å²) in [6, 6.07) is 36.1. The zero-order valence-corrected chi connectivity index (χ0v) is 20.9. The second kappa shape index (κ2) is 10.4. The van der Waals surface area contributed by atoms with E-state index in [1.54, 1.807) is 23.5 Å². The number of ether oxygens (including phenoxy) is 1. The van der Waals surface area contributed by atoms with Gasteiger partial charge in [0, 0.05) is 31.2 Å². The maximum Gasteiger partial charge on any atom is 0.330 e. The van der Waals surface area contributed by atoms with E-state index in [0.717, 1.165) is 20.2 Å². The van der Waals surface area contributed by atoms with Gasteiger partial charge in [0.25, 0.3) is 0 Å². The maximum atomic E-state index is 11.9. The number of esters is 1. The molecule has 2 nitrogen and oxygen atoms in total. The minimum Gasteiger partial charge on any atom is -0.455 e. The van der Waals surface area contributed by atoms with Crippen LogP contribution in [-0.4, -0.2) is 5.97 Å². The van der Waals surface area contributed by atoms with Crippen molar-refractivity contribution in [2.45, 2.75) is 32.6 Å². The molecule has 0 N–H and O–H groups in total. The van der Waals surface area contributed by atoms with E-state index < -0.39 is 5.97 Å². The first kappa shape index (κ1) is 23.3. The van der Waals surface area contributed by atoms with Gasteiger partial charge in [-0.1, -0.05) is 96.8 Å². The molecule has 35 heavy (non-hydrogen) atoms. The molecule has 0 aliphatic heterocycles. The van der Waals surface area contributed by atoms with E-state index in [0.29, 0.717) is 0 Å². The fourth-order valence-electron chi connectivity index (χ4n) is 4.01. The van der Waals surface area contributed by atoms with Gasteiger partial charge >= 0.3 is 5.97 Å². The van der Waals surface area contributed by atoms with Crippen LogP contribution in [0.15, 0.2) is 135 Å². The Morgan fingerprint density at radius 1 is 0.714 bits per heavy atom. The van der Waals surface area contributed by atoms with Crippen molar-refractivity contribution in [1.29, 1.82) is 0 Å². The number of benzene rings is 5. The summed E-state index contributed by atoms with van der Waals surface area (Å²) in [7, 11) is 0. The molecule has 172 valence electrons. The molecule has 5 rings (SSSR count). The van der Waals surface area contributed by atoms with Gasteiger partial charge in [0.15, 0.2) is 0 Å². The highest BCUT2D eigenvalue weighted by Gasteiger charge is 2.16. The monoisotopic (exact) mass is 492 g/mol. The molecule has 4 heteroatoms. The molecule has 0 aliphatic carbocycles. The Bertz CT molecular complexity index is 1540. The van der Waals surface area contributed by atoms with Gasteiger partial charge in [0.2, 0.25) is 0 Å². The summed E-state index contributed by atoms with van der Waals surface area (Å²) in [5.74, 6) is -0.422. The van der Waals surface area contributed by atoms with E-state index in [-0.39, 0.29) is 6.10 Å². The summed E-state index contributed by atoms with van der Waals surface area (Å²) in [5.41, 5.74) is 0.973. The van der Waals surface area contributed by atoms with E-state index in [4.69, 9.17) is 4.74 Å². The first-order chi connectivity index (χ1) is 17.1. The van der Waals surface area contributed by atoms with Crippen LogP contribution in [0, 0.1) is 0 Å². The summed E-state index contributed by atoms with van der Waals surface area (Å²) in [4.78, 5) is 16.4. The summed E-state index contributed by atoms with van der Waals surface area (Å²) >= 11 is 3.42. The summed E-state index contributed by atoms with van der Waals surface area (Å²) < 4.78 is 5.56. The largest absolute Gasteiger partial charge is 0.455 e. The van der Waals surface area contributed by atoms with E-state index >= 15 is 0 Å². The average molecular weight is 493 g/mol. The third kappa shape index (κ3) is 5.45. The van der Waals surface area contributed by atoms with Gasteiger partial charge in [-0.05, 0) is 64.9 Å². The fourth-order valence-corrected chi connectivity index (χ4v) is 6.11. The van der Waals surface area contributed by atoms with Crippen LogP contribution in [0.2, 0.25) is 0 Å². The Morgan fingerprint density at radius 3 is 1.83 bits per heavy atom. The predicted octanol–water partition coefficient (Wildman–Crippen LogP) is 9.09. The minimum atomic E-state index is -0.422. The summed E-state index contributed by atoms with van der Waals surface area (Å²) in [5, 5.41) is 4.88. The highest BCUT2D eigenvalue weighted by Crippen LogP contribution is 2.40. The Kier molecular flexibility index (Phi) is 6.94. The van der Waals surface area contributed by atoms with Crippen LogP contribution in [0.25, 0.3) is 21.5 Å². The van der Waals surface area contributed by atoms with E-state index in [9.17, 15) is 4.79 Å². The van der Waals surface area contributed by atoms with Crippen LogP contribution in [0.5, 0.6) is 0 Å². The fraction of sp³-hybridized carbons (Fsp3) is 0.0645. The van der Waals surface area contributed by atoms with Crippen LogP contribution in [0.4, 0.5) is 0 Å². The summed E-state index contributed by atoms with van der Waals surface area (Å²) in [6.07, 6.45) is 0.819. The van der Waals surface area contributed by atoms with Gasteiger partial charge in [-0.3, -0.25) is 0 Å². The molecule has 0 aromatic heterocycles. The van der Waals surface area contributed by atoms with Crippen LogP contribution >= 0.6 is 23.5 Å². The molecule has 0 amide bonds. The van der Waals surface area contributed by atoms with Gasteiger partial charge in [-0.25, -0.2) is 4.79 Å². The van der Waals surface area contributed by atoms with Crippen molar-refractivity contribution >= 4 is 51.0 Å². The third-order valence-corrected chi connectivity index (χ3v) is 7.83. The molecule has 1 unspecified atom stereocenters. The lowest BCUT2D eigenvalue weighted by Gasteiger charge is -2.18. The Balaban J connectivity index is 1.49. The molecule has 0 saturated heterocycles. The smallest absolute Gasteiger partial charge is 0.330 e. The van der Waals surface area contributed by atoms with E-state index in [1.165, 1.54) is 32.5 Å². The standard InChI is InChI=1S/C31H24O2S2/c1-3-31(32)33-21(2)29-17-16-28(34-26-14-12-22-8-4-6-10-24(22)18-26)20-30(29)35-27-15-13-23-9-5-7-11-25(23)19-27/h3-21H,1H2,2H3. The molecule has 0 aliphatic rings. The molecule has 0 spiro atoms. The molecule has 0 radical (unpaired) electrons. The Hall–Kier alpha value is -3.47. The topological polar surface area (TPSA) is 26.3 Å². The zero-order chi connectivity index (χ0) is 24.2. The van der Waals surface area contributed by atoms with Crippen molar-refractivity contribution in [3.8, 4) is 0 Å². The molecule has 5 aromatic carbocycles. The Labute approximate surface area is 214 Å². The van der Waals surface area contributed by atoms with Crippen molar-refractivity contribution in [3.63, 3.8) is 0 Å². The molecule has 0 heterocycles. The van der Waals surface area contributed by atoms with Gasteiger partial charge in [-0.2, -0.15) is 0 Å². The first-order valence-electron chi connectivity index (χ1n) is 11.4. The van der Waals surface area contributed by atoms with Gasteiger partial charge in [0.1, 0.15) is 6.10 Å². The lowest BCUT2D eigenvalue weighted by atomic mass is 10.1. The van der Waals surface area contributed by atoms with Crippen LogP contribution < -0.4 is 0 Å². The highest BCUT2D eigenvalue weighted by molar-refractivity contribution is 8.00. The van der Waals surface area contributed by atoms with Crippen molar-refractivity contribution in [3.05, 3.63) is 121 Å². The van der Waals surface area contributed by atoms with Gasteiger partial charge < -0.3 is 4.74 Å². The SMILES string of the molecule is C=CC(=O)OC(C)c1ccc(Sc2ccc3ccccc3c2)cc1Sc1ccc2ccccc2c1. The number of hydrogen-bond acceptors (Lipinski definition) is 4. The molecule has 0 bridgehead atoms. The van der Waals surface area contributed by atoms with Crippen LogP contribution in [-0.2, 0) is 9.53 Å². The molecule has 0 fully saturated rings. The predicted molar refractivity (Wildman–Crippen MR) is 147 cm³/mol. The van der Waals surface area contributed by atoms with Crippen LogP contribution in [0.1, 0.15) is 18.6 Å². The second-order valence-electron chi connectivity index (χ2n) is 8.20. The van der Waals surface area contributed by atoms with Gasteiger partial charge in [0.05, 0.1) is 0 Å². The number of fused-ring (bicyclic) bond motifs is 2. The first-order valence-corrected chi connectivity index (χ1v) is 13.0. The third-order valence-electron chi connectivity index (χ3n) is 5.79. The number of carbonyl (C=O) groups excluding carboxylic acids is 1. The normalized spacial score (nSPS) is 11.9. The highest BCUT2D eigenvalue weighted by atomic mass is 32.2. The van der Waals surface area contributed by atoms with Crippen molar-refractivity contribution in [2.24, 2.45) is 0 Å². The lowest BCUT2D eigenvalue weighted by Crippen LogP contribution is -2.07. The Morgan fingerprint density at radius 2 is 1.23 bits per heavy atom.